The van der Waals surface area contributed by atoms with Crippen molar-refractivity contribution in [2.45, 2.75) is 25.7 Å². The molecule has 2 aliphatic heterocycles. The number of amides is 1. The van der Waals surface area contributed by atoms with E-state index in [-0.39, 0.29) is 5.91 Å². The molecule has 1 amide bonds. The number of dihydropyridines is 1. The molecule has 0 aromatic carbocycles. The molecule has 3 N–H and O–H groups in total. The minimum Gasteiger partial charge on any atom is -0.384 e. The Morgan fingerprint density at radius 2 is 2.33 bits per heavy atom. The Bertz CT molecular complexity index is 413. The number of hydrogen-bond acceptors (Lipinski definition) is 3. The molecule has 1 saturated heterocycles. The van der Waals surface area contributed by atoms with Gasteiger partial charge >= 0.3 is 0 Å². The first-order valence-electron chi connectivity index (χ1n) is 6.51. The third kappa shape index (κ3) is 3.01. The Kier molecular flexibility index (Phi) is 4.20. The summed E-state index contributed by atoms with van der Waals surface area (Å²) in [6.45, 7) is 5.48. The first-order chi connectivity index (χ1) is 8.70. The van der Waals surface area contributed by atoms with Crippen molar-refractivity contribution < 1.29 is 4.79 Å². The Morgan fingerprint density at radius 3 is 3.11 bits per heavy atom. The second-order valence-corrected chi connectivity index (χ2v) is 4.81. The minimum atomic E-state index is -0.0582. The number of carbonyl (C=O) groups is 1. The van der Waals surface area contributed by atoms with Crippen molar-refractivity contribution in [1.29, 1.82) is 0 Å². The van der Waals surface area contributed by atoms with Crippen LogP contribution < -0.4 is 16.0 Å². The zero-order valence-electron chi connectivity index (χ0n) is 10.9. The SMILES string of the molecule is C=C(CCNC)C(=O)NC1=C2CCCC(=C1)NC2. The van der Waals surface area contributed by atoms with Gasteiger partial charge in [0.1, 0.15) is 0 Å². The highest BCUT2D eigenvalue weighted by atomic mass is 16.1. The number of allylic oxidation sites excluding steroid dienone is 2. The summed E-state index contributed by atoms with van der Waals surface area (Å²) < 4.78 is 0. The van der Waals surface area contributed by atoms with E-state index in [1.54, 1.807) is 0 Å². The molecule has 3 rings (SSSR count). The van der Waals surface area contributed by atoms with Gasteiger partial charge < -0.3 is 16.0 Å². The number of rotatable bonds is 5. The fourth-order valence-corrected chi connectivity index (χ4v) is 2.24. The maximum Gasteiger partial charge on any atom is 0.251 e. The van der Waals surface area contributed by atoms with Gasteiger partial charge in [-0.25, -0.2) is 0 Å². The lowest BCUT2D eigenvalue weighted by atomic mass is 10.1. The minimum absolute atomic E-state index is 0.0582. The zero-order chi connectivity index (χ0) is 13.0. The van der Waals surface area contributed by atoms with Crippen LogP contribution in [-0.4, -0.2) is 26.0 Å². The Balaban J connectivity index is 1.99. The molecular weight excluding hydrogens is 226 g/mol. The molecule has 18 heavy (non-hydrogen) atoms. The second kappa shape index (κ2) is 5.87. The molecule has 0 saturated carbocycles. The number of hydrogen-bond donors (Lipinski definition) is 3. The number of fused-ring (bicyclic) bond motifs is 4. The average Bonchev–Trinajstić information content (AvgIpc) is 2.70. The van der Waals surface area contributed by atoms with Crippen molar-refractivity contribution >= 4 is 5.91 Å². The second-order valence-electron chi connectivity index (χ2n) is 4.81. The summed E-state index contributed by atoms with van der Waals surface area (Å²) in [5, 5.41) is 9.38. The van der Waals surface area contributed by atoms with E-state index >= 15 is 0 Å². The van der Waals surface area contributed by atoms with E-state index in [1.807, 2.05) is 7.05 Å². The van der Waals surface area contributed by atoms with Crippen LogP contribution in [0.15, 0.2) is 35.2 Å². The van der Waals surface area contributed by atoms with E-state index in [0.717, 1.165) is 38.0 Å². The van der Waals surface area contributed by atoms with Gasteiger partial charge in [0.2, 0.25) is 0 Å². The quantitative estimate of drug-likeness (QED) is 0.640. The fraction of sp³-hybridized carbons (Fsp3) is 0.500. The first kappa shape index (κ1) is 12.9. The van der Waals surface area contributed by atoms with E-state index in [4.69, 9.17) is 0 Å². The molecule has 2 bridgehead atoms. The third-order valence-corrected chi connectivity index (χ3v) is 3.40. The van der Waals surface area contributed by atoms with Crippen molar-refractivity contribution in [3.05, 3.63) is 35.2 Å². The van der Waals surface area contributed by atoms with Crippen LogP contribution >= 0.6 is 0 Å². The van der Waals surface area contributed by atoms with Crippen LogP contribution in [0.5, 0.6) is 0 Å². The van der Waals surface area contributed by atoms with Crippen molar-refractivity contribution in [3.63, 3.8) is 0 Å². The van der Waals surface area contributed by atoms with Crippen LogP contribution in [0.3, 0.4) is 0 Å². The lowest BCUT2D eigenvalue weighted by molar-refractivity contribution is -0.116. The molecule has 0 aromatic rings. The van der Waals surface area contributed by atoms with E-state index < -0.39 is 0 Å². The summed E-state index contributed by atoms with van der Waals surface area (Å²) >= 11 is 0. The smallest absolute Gasteiger partial charge is 0.251 e. The molecule has 1 aliphatic carbocycles. The van der Waals surface area contributed by atoms with E-state index in [0.29, 0.717) is 12.0 Å². The Labute approximate surface area is 108 Å². The molecular formula is C14H21N3O. The first-order valence-corrected chi connectivity index (χ1v) is 6.51. The maximum atomic E-state index is 12.0. The molecule has 0 atom stereocenters. The van der Waals surface area contributed by atoms with Gasteiger partial charge in [-0.05, 0) is 50.9 Å². The third-order valence-electron chi connectivity index (χ3n) is 3.40. The summed E-state index contributed by atoms with van der Waals surface area (Å²) in [6, 6.07) is 0. The molecule has 0 radical (unpaired) electrons. The molecule has 1 fully saturated rings. The van der Waals surface area contributed by atoms with Gasteiger partial charge in [-0.2, -0.15) is 0 Å². The molecule has 4 heteroatoms. The normalized spacial score (nSPS) is 17.9. The topological polar surface area (TPSA) is 53.2 Å². The predicted molar refractivity (Wildman–Crippen MR) is 72.8 cm³/mol. The summed E-state index contributed by atoms with van der Waals surface area (Å²) in [6.07, 6.45) is 6.04. The van der Waals surface area contributed by atoms with Gasteiger partial charge in [0, 0.05) is 23.5 Å². The van der Waals surface area contributed by atoms with Gasteiger partial charge in [-0.15, -0.1) is 0 Å². The van der Waals surface area contributed by atoms with Gasteiger partial charge in [-0.3, -0.25) is 4.79 Å². The largest absolute Gasteiger partial charge is 0.384 e. The van der Waals surface area contributed by atoms with Gasteiger partial charge in [0.25, 0.3) is 5.91 Å². The standard InChI is InChI=1S/C14H21N3O/c1-10(6-7-15-2)14(18)17-13-8-12-5-3-4-11(13)9-16-12/h8,15-16H,1,3-7,9H2,2H3,(H,17,18). The number of nitrogens with one attached hydrogen (secondary N) is 3. The van der Waals surface area contributed by atoms with Crippen molar-refractivity contribution in [3.8, 4) is 0 Å². The monoisotopic (exact) mass is 247 g/mol. The zero-order valence-corrected chi connectivity index (χ0v) is 10.9. The lowest BCUT2D eigenvalue weighted by Crippen LogP contribution is -2.30. The molecule has 0 aromatic heterocycles. The van der Waals surface area contributed by atoms with E-state index in [1.165, 1.54) is 11.3 Å². The molecule has 3 aliphatic rings. The summed E-state index contributed by atoms with van der Waals surface area (Å²) in [5.74, 6) is -0.0582. The molecule has 2 heterocycles. The van der Waals surface area contributed by atoms with Gasteiger partial charge in [0.15, 0.2) is 0 Å². The summed E-state index contributed by atoms with van der Waals surface area (Å²) in [5.41, 5.74) is 4.14. The number of carbonyl (C=O) groups excluding carboxylic acids is 1. The average molecular weight is 247 g/mol. The highest BCUT2D eigenvalue weighted by Crippen LogP contribution is 2.24. The lowest BCUT2D eigenvalue weighted by Gasteiger charge is -2.18. The van der Waals surface area contributed by atoms with Crippen molar-refractivity contribution in [2.75, 3.05) is 20.1 Å². The Morgan fingerprint density at radius 1 is 1.50 bits per heavy atom. The highest BCUT2D eigenvalue weighted by molar-refractivity contribution is 5.94. The van der Waals surface area contributed by atoms with Crippen LogP contribution in [0.4, 0.5) is 0 Å². The molecule has 0 unspecified atom stereocenters. The van der Waals surface area contributed by atoms with Crippen molar-refractivity contribution in [1.82, 2.24) is 16.0 Å². The van der Waals surface area contributed by atoms with Gasteiger partial charge in [-0.1, -0.05) is 6.58 Å². The maximum absolute atomic E-state index is 12.0. The highest BCUT2D eigenvalue weighted by Gasteiger charge is 2.19. The van der Waals surface area contributed by atoms with Gasteiger partial charge in [0.05, 0.1) is 0 Å². The molecule has 4 nitrogen and oxygen atoms in total. The predicted octanol–water partition coefficient (Wildman–Crippen LogP) is 1.19. The van der Waals surface area contributed by atoms with Crippen molar-refractivity contribution in [2.24, 2.45) is 0 Å². The summed E-state index contributed by atoms with van der Waals surface area (Å²) in [7, 11) is 1.87. The van der Waals surface area contributed by atoms with E-state index in [2.05, 4.69) is 28.6 Å². The fourth-order valence-electron chi connectivity index (χ4n) is 2.24. The molecule has 0 spiro atoms. The molecule has 98 valence electrons. The van der Waals surface area contributed by atoms with Crippen LogP contribution in [0, 0.1) is 0 Å². The van der Waals surface area contributed by atoms with E-state index in [9.17, 15) is 4.79 Å². The van der Waals surface area contributed by atoms with Crippen LogP contribution in [0.2, 0.25) is 0 Å². The van der Waals surface area contributed by atoms with Crippen LogP contribution in [-0.2, 0) is 4.79 Å². The van der Waals surface area contributed by atoms with Crippen LogP contribution in [0.1, 0.15) is 25.7 Å². The van der Waals surface area contributed by atoms with Crippen LogP contribution in [0.25, 0.3) is 0 Å². The summed E-state index contributed by atoms with van der Waals surface area (Å²) in [4.78, 5) is 12.0. The Hall–Kier alpha value is -1.55.